The van der Waals surface area contributed by atoms with E-state index < -0.39 is 0 Å². The molecule has 1 atom stereocenters. The van der Waals surface area contributed by atoms with Gasteiger partial charge < -0.3 is 15.2 Å². The Kier molecular flexibility index (Phi) is 4.96. The van der Waals surface area contributed by atoms with Crippen molar-refractivity contribution in [2.75, 3.05) is 7.11 Å². The summed E-state index contributed by atoms with van der Waals surface area (Å²) >= 11 is 0. The molecule has 0 aliphatic rings. The monoisotopic (exact) mass is 272 g/mol. The van der Waals surface area contributed by atoms with Gasteiger partial charge in [0.1, 0.15) is 12.4 Å². The number of methoxy groups -OCH3 is 1. The number of nitrogens with two attached hydrogens (primary N) is 1. The molecule has 1 aromatic heterocycles. The van der Waals surface area contributed by atoms with Crippen LogP contribution in [0.1, 0.15) is 30.6 Å². The first-order valence-electron chi connectivity index (χ1n) is 6.71. The molecule has 0 saturated heterocycles. The van der Waals surface area contributed by atoms with E-state index in [0.717, 1.165) is 23.4 Å². The van der Waals surface area contributed by atoms with Crippen molar-refractivity contribution in [3.8, 4) is 11.6 Å². The normalized spacial score (nSPS) is 11.9. The third-order valence-corrected chi connectivity index (χ3v) is 3.13. The maximum Gasteiger partial charge on any atom is 0.213 e. The molecule has 2 N–H and O–H groups in total. The summed E-state index contributed by atoms with van der Waals surface area (Å²) in [5.41, 5.74) is 7.93. The van der Waals surface area contributed by atoms with E-state index >= 15 is 0 Å². The third kappa shape index (κ3) is 3.71. The van der Waals surface area contributed by atoms with Crippen LogP contribution in [0, 0.1) is 0 Å². The number of ether oxygens (including phenoxy) is 2. The van der Waals surface area contributed by atoms with E-state index in [4.69, 9.17) is 15.2 Å². The van der Waals surface area contributed by atoms with Crippen molar-refractivity contribution in [2.45, 2.75) is 26.0 Å². The highest BCUT2D eigenvalue weighted by atomic mass is 16.5. The molecule has 1 aromatic carbocycles. The Bertz CT molecular complexity index is 540. The van der Waals surface area contributed by atoms with Crippen molar-refractivity contribution >= 4 is 0 Å². The molecule has 0 bridgehead atoms. The highest BCUT2D eigenvalue weighted by molar-refractivity contribution is 5.29. The highest BCUT2D eigenvalue weighted by Gasteiger charge is 2.04. The topological polar surface area (TPSA) is 57.4 Å². The van der Waals surface area contributed by atoms with Crippen LogP contribution in [0.4, 0.5) is 0 Å². The van der Waals surface area contributed by atoms with Crippen molar-refractivity contribution < 1.29 is 9.47 Å². The van der Waals surface area contributed by atoms with Gasteiger partial charge in [-0.1, -0.05) is 25.1 Å². The Morgan fingerprint density at radius 1 is 1.15 bits per heavy atom. The molecule has 0 fully saturated rings. The van der Waals surface area contributed by atoms with Gasteiger partial charge >= 0.3 is 0 Å². The highest BCUT2D eigenvalue weighted by Crippen LogP contribution is 2.19. The first-order valence-corrected chi connectivity index (χ1v) is 6.71. The molecule has 0 aliphatic carbocycles. The number of nitrogens with zero attached hydrogens (tertiary/aromatic N) is 1. The van der Waals surface area contributed by atoms with E-state index in [1.807, 2.05) is 42.5 Å². The number of rotatable bonds is 6. The van der Waals surface area contributed by atoms with Crippen LogP contribution in [-0.4, -0.2) is 12.1 Å². The van der Waals surface area contributed by atoms with E-state index in [9.17, 15) is 0 Å². The Balaban J connectivity index is 1.96. The molecule has 0 unspecified atom stereocenters. The van der Waals surface area contributed by atoms with E-state index in [-0.39, 0.29) is 6.04 Å². The molecule has 0 saturated carbocycles. The summed E-state index contributed by atoms with van der Waals surface area (Å²) in [6.45, 7) is 2.49. The predicted octanol–water partition coefficient (Wildman–Crippen LogP) is 3.08. The minimum absolute atomic E-state index is 0.0871. The van der Waals surface area contributed by atoms with Gasteiger partial charge in [-0.2, -0.15) is 0 Å². The van der Waals surface area contributed by atoms with Crippen molar-refractivity contribution in [1.29, 1.82) is 0 Å². The Labute approximate surface area is 119 Å². The fourth-order valence-corrected chi connectivity index (χ4v) is 1.86. The van der Waals surface area contributed by atoms with Gasteiger partial charge in [-0.3, -0.25) is 0 Å². The van der Waals surface area contributed by atoms with Crippen LogP contribution in [0.2, 0.25) is 0 Å². The van der Waals surface area contributed by atoms with Crippen LogP contribution >= 0.6 is 0 Å². The molecule has 1 heterocycles. The van der Waals surface area contributed by atoms with Gasteiger partial charge in [0.15, 0.2) is 0 Å². The van der Waals surface area contributed by atoms with E-state index in [2.05, 4.69) is 11.9 Å². The molecular weight excluding hydrogens is 252 g/mol. The Hall–Kier alpha value is -2.07. The Morgan fingerprint density at radius 3 is 2.55 bits per heavy atom. The minimum Gasteiger partial charge on any atom is -0.487 e. The quantitative estimate of drug-likeness (QED) is 0.878. The smallest absolute Gasteiger partial charge is 0.213 e. The lowest BCUT2D eigenvalue weighted by atomic mass is 10.1. The molecule has 4 nitrogen and oxygen atoms in total. The van der Waals surface area contributed by atoms with Crippen molar-refractivity contribution in [1.82, 2.24) is 4.98 Å². The van der Waals surface area contributed by atoms with Crippen LogP contribution in [0.5, 0.6) is 11.6 Å². The third-order valence-electron chi connectivity index (χ3n) is 3.13. The van der Waals surface area contributed by atoms with Crippen LogP contribution in [0.15, 0.2) is 42.5 Å². The number of pyridine rings is 1. The number of hydrogen-bond acceptors (Lipinski definition) is 4. The van der Waals surface area contributed by atoms with Gasteiger partial charge in [0.25, 0.3) is 0 Å². The average molecular weight is 272 g/mol. The van der Waals surface area contributed by atoms with Gasteiger partial charge in [-0.05, 0) is 30.2 Å². The molecular formula is C16H20N2O2. The molecule has 2 aromatic rings. The number of hydrogen-bond donors (Lipinski definition) is 1. The van der Waals surface area contributed by atoms with Gasteiger partial charge in [0.05, 0.1) is 12.8 Å². The standard InChI is InChI=1S/C16H20N2O2/c1-3-15(17)12-7-9-14(10-8-12)20-11-13-5-4-6-16(18-13)19-2/h4-10,15H,3,11,17H2,1-2H3/t15-/m0/s1. The lowest BCUT2D eigenvalue weighted by Crippen LogP contribution is -2.08. The first-order chi connectivity index (χ1) is 9.72. The summed E-state index contributed by atoms with van der Waals surface area (Å²) in [7, 11) is 1.60. The zero-order valence-electron chi connectivity index (χ0n) is 11.9. The molecule has 20 heavy (non-hydrogen) atoms. The zero-order valence-corrected chi connectivity index (χ0v) is 11.9. The van der Waals surface area contributed by atoms with Crippen LogP contribution in [-0.2, 0) is 6.61 Å². The maximum atomic E-state index is 5.98. The predicted molar refractivity (Wildman–Crippen MR) is 78.8 cm³/mol. The van der Waals surface area contributed by atoms with Crippen LogP contribution in [0.25, 0.3) is 0 Å². The zero-order chi connectivity index (χ0) is 14.4. The summed E-state index contributed by atoms with van der Waals surface area (Å²) in [6, 6.07) is 13.6. The van der Waals surface area contributed by atoms with E-state index in [1.165, 1.54) is 0 Å². The summed E-state index contributed by atoms with van der Waals surface area (Å²) in [6.07, 6.45) is 0.925. The molecule has 0 amide bonds. The second-order valence-corrected chi connectivity index (χ2v) is 4.54. The Morgan fingerprint density at radius 2 is 1.90 bits per heavy atom. The fourth-order valence-electron chi connectivity index (χ4n) is 1.86. The number of aromatic nitrogens is 1. The fraction of sp³-hybridized carbons (Fsp3) is 0.312. The second-order valence-electron chi connectivity index (χ2n) is 4.54. The van der Waals surface area contributed by atoms with Crippen molar-refractivity contribution in [3.63, 3.8) is 0 Å². The molecule has 0 aliphatic heterocycles. The summed E-state index contributed by atoms with van der Waals surface area (Å²) < 4.78 is 10.8. The lowest BCUT2D eigenvalue weighted by molar-refractivity contribution is 0.298. The van der Waals surface area contributed by atoms with E-state index in [1.54, 1.807) is 7.11 Å². The number of benzene rings is 1. The molecule has 106 valence electrons. The van der Waals surface area contributed by atoms with Crippen molar-refractivity contribution in [3.05, 3.63) is 53.7 Å². The van der Waals surface area contributed by atoms with Gasteiger partial charge in [0, 0.05) is 12.1 Å². The minimum atomic E-state index is 0.0871. The van der Waals surface area contributed by atoms with Gasteiger partial charge in [-0.25, -0.2) is 4.98 Å². The summed E-state index contributed by atoms with van der Waals surface area (Å²) in [5.74, 6) is 1.40. The summed E-state index contributed by atoms with van der Waals surface area (Å²) in [5, 5.41) is 0. The molecule has 4 heteroatoms. The second kappa shape index (κ2) is 6.91. The average Bonchev–Trinajstić information content (AvgIpc) is 2.53. The molecule has 0 radical (unpaired) electrons. The van der Waals surface area contributed by atoms with Crippen molar-refractivity contribution in [2.24, 2.45) is 5.73 Å². The van der Waals surface area contributed by atoms with Crippen LogP contribution in [0.3, 0.4) is 0 Å². The summed E-state index contributed by atoms with van der Waals surface area (Å²) in [4.78, 5) is 4.30. The molecule has 2 rings (SSSR count). The maximum absolute atomic E-state index is 5.98. The lowest BCUT2D eigenvalue weighted by Gasteiger charge is -2.11. The van der Waals surface area contributed by atoms with E-state index in [0.29, 0.717) is 12.5 Å². The largest absolute Gasteiger partial charge is 0.487 e. The SMILES string of the molecule is CC[C@H](N)c1ccc(OCc2cccc(OC)n2)cc1. The van der Waals surface area contributed by atoms with Gasteiger partial charge in [0.2, 0.25) is 5.88 Å². The van der Waals surface area contributed by atoms with Gasteiger partial charge in [-0.15, -0.1) is 0 Å². The molecule has 0 spiro atoms. The van der Waals surface area contributed by atoms with Crippen LogP contribution < -0.4 is 15.2 Å². The first kappa shape index (κ1) is 14.3.